The summed E-state index contributed by atoms with van der Waals surface area (Å²) < 4.78 is 0. The normalized spacial score (nSPS) is 30.5. The van der Waals surface area contributed by atoms with Gasteiger partial charge in [-0.25, -0.2) is 0 Å². The predicted molar refractivity (Wildman–Crippen MR) is 53.1 cm³/mol. The van der Waals surface area contributed by atoms with Crippen LogP contribution in [0.4, 0.5) is 0 Å². The zero-order valence-electron chi connectivity index (χ0n) is 8.59. The van der Waals surface area contributed by atoms with Crippen molar-refractivity contribution < 1.29 is 0 Å². The third-order valence-corrected chi connectivity index (χ3v) is 3.22. The summed E-state index contributed by atoms with van der Waals surface area (Å²) in [5, 5.41) is 0. The van der Waals surface area contributed by atoms with E-state index in [0.717, 1.165) is 12.5 Å². The highest BCUT2D eigenvalue weighted by atomic mass is 15.2. The fourth-order valence-corrected chi connectivity index (χ4v) is 2.15. The Morgan fingerprint density at radius 2 is 2.25 bits per heavy atom. The zero-order chi connectivity index (χ0) is 9.14. The molecule has 0 saturated carbocycles. The predicted octanol–water partition coefficient (Wildman–Crippen LogP) is 1.60. The summed E-state index contributed by atoms with van der Waals surface area (Å²) in [5.74, 6) is 0. The molecule has 0 radical (unpaired) electrons. The van der Waals surface area contributed by atoms with Crippen molar-refractivity contribution in [3.8, 4) is 0 Å². The van der Waals surface area contributed by atoms with E-state index in [2.05, 4.69) is 25.7 Å². The highest BCUT2D eigenvalue weighted by molar-refractivity contribution is 4.84. The lowest BCUT2D eigenvalue weighted by Crippen LogP contribution is -2.46. The lowest BCUT2D eigenvalue weighted by atomic mass is 10.1. The summed E-state index contributed by atoms with van der Waals surface area (Å²) in [6.07, 6.45) is 3.78. The van der Waals surface area contributed by atoms with Gasteiger partial charge in [-0.15, -0.1) is 0 Å². The van der Waals surface area contributed by atoms with Crippen molar-refractivity contribution in [2.75, 3.05) is 6.54 Å². The zero-order valence-corrected chi connectivity index (χ0v) is 8.59. The molecule has 1 fully saturated rings. The molecule has 2 nitrogen and oxygen atoms in total. The molecule has 72 valence electrons. The van der Waals surface area contributed by atoms with Crippen LogP contribution in [0.1, 0.15) is 40.0 Å². The van der Waals surface area contributed by atoms with Crippen molar-refractivity contribution in [3.05, 3.63) is 0 Å². The third kappa shape index (κ3) is 1.99. The molecule has 3 atom stereocenters. The second kappa shape index (κ2) is 4.24. The van der Waals surface area contributed by atoms with Crippen molar-refractivity contribution in [1.82, 2.24) is 4.90 Å². The van der Waals surface area contributed by atoms with Gasteiger partial charge < -0.3 is 5.73 Å². The molecule has 1 rings (SSSR count). The Morgan fingerprint density at radius 1 is 1.58 bits per heavy atom. The van der Waals surface area contributed by atoms with Gasteiger partial charge in [0.25, 0.3) is 0 Å². The van der Waals surface area contributed by atoms with Crippen LogP contribution < -0.4 is 5.73 Å². The van der Waals surface area contributed by atoms with Crippen molar-refractivity contribution in [2.45, 2.75) is 58.2 Å². The van der Waals surface area contributed by atoms with Gasteiger partial charge in [0.1, 0.15) is 0 Å². The number of hydrogen-bond donors (Lipinski definition) is 1. The van der Waals surface area contributed by atoms with Crippen LogP contribution in [0.2, 0.25) is 0 Å². The van der Waals surface area contributed by atoms with E-state index in [1.807, 2.05) is 0 Å². The second-order valence-corrected chi connectivity index (χ2v) is 4.04. The average Bonchev–Trinajstić information content (AvgIpc) is 2.48. The molecule has 0 aromatic carbocycles. The Kier molecular flexibility index (Phi) is 3.53. The number of nitrogens with zero attached hydrogens (tertiary/aromatic N) is 1. The third-order valence-electron chi connectivity index (χ3n) is 3.22. The van der Waals surface area contributed by atoms with Crippen LogP contribution in [0.5, 0.6) is 0 Å². The van der Waals surface area contributed by atoms with Crippen LogP contribution in [0.3, 0.4) is 0 Å². The van der Waals surface area contributed by atoms with Gasteiger partial charge >= 0.3 is 0 Å². The van der Waals surface area contributed by atoms with E-state index >= 15 is 0 Å². The fraction of sp³-hybridized carbons (Fsp3) is 1.00. The first-order chi connectivity index (χ1) is 5.66. The van der Waals surface area contributed by atoms with Crippen molar-refractivity contribution >= 4 is 0 Å². The molecule has 12 heavy (non-hydrogen) atoms. The van der Waals surface area contributed by atoms with Crippen LogP contribution >= 0.6 is 0 Å². The molecule has 0 aromatic rings. The monoisotopic (exact) mass is 170 g/mol. The van der Waals surface area contributed by atoms with E-state index in [-0.39, 0.29) is 0 Å². The van der Waals surface area contributed by atoms with E-state index < -0.39 is 0 Å². The van der Waals surface area contributed by atoms with Crippen LogP contribution in [-0.4, -0.2) is 29.6 Å². The minimum atomic E-state index is 0.352. The summed E-state index contributed by atoms with van der Waals surface area (Å²) in [6.45, 7) is 7.99. The quantitative estimate of drug-likeness (QED) is 0.697. The topological polar surface area (TPSA) is 29.3 Å². The molecule has 0 aromatic heterocycles. The first-order valence-corrected chi connectivity index (χ1v) is 5.18. The lowest BCUT2D eigenvalue weighted by Gasteiger charge is -2.32. The standard InChI is InChI=1S/C10H22N2/c1-4-10(11)9(3)12-7-5-6-8(12)2/h8-10H,4-7,11H2,1-3H3. The summed E-state index contributed by atoms with van der Waals surface area (Å²) in [5.41, 5.74) is 6.02. The van der Waals surface area contributed by atoms with Gasteiger partial charge in [0.05, 0.1) is 0 Å². The molecule has 1 aliphatic heterocycles. The molecule has 1 aliphatic rings. The molecule has 2 N–H and O–H groups in total. The molecule has 0 spiro atoms. The fourth-order valence-electron chi connectivity index (χ4n) is 2.15. The molecule has 2 heteroatoms. The first-order valence-electron chi connectivity index (χ1n) is 5.18. The summed E-state index contributed by atoms with van der Waals surface area (Å²) in [7, 11) is 0. The van der Waals surface area contributed by atoms with E-state index in [9.17, 15) is 0 Å². The summed E-state index contributed by atoms with van der Waals surface area (Å²) in [4.78, 5) is 2.55. The smallest absolute Gasteiger partial charge is 0.0221 e. The largest absolute Gasteiger partial charge is 0.326 e. The molecular weight excluding hydrogens is 148 g/mol. The summed E-state index contributed by atoms with van der Waals surface area (Å²) >= 11 is 0. The van der Waals surface area contributed by atoms with Gasteiger partial charge in [0, 0.05) is 18.1 Å². The lowest BCUT2D eigenvalue weighted by molar-refractivity contribution is 0.176. The summed E-state index contributed by atoms with van der Waals surface area (Å²) in [6, 6.07) is 1.66. The minimum Gasteiger partial charge on any atom is -0.326 e. The molecular formula is C10H22N2. The molecule has 0 amide bonds. The van der Waals surface area contributed by atoms with Crippen molar-refractivity contribution in [3.63, 3.8) is 0 Å². The Labute approximate surface area is 76.1 Å². The highest BCUT2D eigenvalue weighted by Crippen LogP contribution is 2.20. The van der Waals surface area contributed by atoms with Gasteiger partial charge in [-0.2, -0.15) is 0 Å². The maximum atomic E-state index is 6.02. The van der Waals surface area contributed by atoms with E-state index in [1.165, 1.54) is 19.4 Å². The number of nitrogens with two attached hydrogens (primary N) is 1. The minimum absolute atomic E-state index is 0.352. The van der Waals surface area contributed by atoms with Crippen molar-refractivity contribution in [2.24, 2.45) is 5.73 Å². The van der Waals surface area contributed by atoms with Gasteiger partial charge in [-0.1, -0.05) is 6.92 Å². The van der Waals surface area contributed by atoms with Crippen LogP contribution in [-0.2, 0) is 0 Å². The SMILES string of the molecule is CCC(N)C(C)N1CCCC1C. The molecule has 0 bridgehead atoms. The second-order valence-electron chi connectivity index (χ2n) is 4.04. The molecule has 1 heterocycles. The Balaban J connectivity index is 2.45. The Morgan fingerprint density at radius 3 is 2.67 bits per heavy atom. The maximum absolute atomic E-state index is 6.02. The first kappa shape index (κ1) is 10.0. The highest BCUT2D eigenvalue weighted by Gasteiger charge is 2.27. The van der Waals surface area contributed by atoms with Gasteiger partial charge in [-0.05, 0) is 39.7 Å². The number of likely N-dealkylation sites (tertiary alicyclic amines) is 1. The maximum Gasteiger partial charge on any atom is 0.0221 e. The molecule has 1 saturated heterocycles. The van der Waals surface area contributed by atoms with Crippen LogP contribution in [0.25, 0.3) is 0 Å². The van der Waals surface area contributed by atoms with Gasteiger partial charge in [0.2, 0.25) is 0 Å². The van der Waals surface area contributed by atoms with Gasteiger partial charge in [0.15, 0.2) is 0 Å². The Hall–Kier alpha value is -0.0800. The van der Waals surface area contributed by atoms with E-state index in [1.54, 1.807) is 0 Å². The average molecular weight is 170 g/mol. The molecule has 0 aliphatic carbocycles. The number of rotatable bonds is 3. The van der Waals surface area contributed by atoms with Crippen molar-refractivity contribution in [1.29, 1.82) is 0 Å². The van der Waals surface area contributed by atoms with E-state index in [4.69, 9.17) is 5.73 Å². The molecule has 3 unspecified atom stereocenters. The van der Waals surface area contributed by atoms with Crippen LogP contribution in [0.15, 0.2) is 0 Å². The van der Waals surface area contributed by atoms with E-state index in [0.29, 0.717) is 12.1 Å². The van der Waals surface area contributed by atoms with Gasteiger partial charge in [-0.3, -0.25) is 4.90 Å². The number of hydrogen-bond acceptors (Lipinski definition) is 2. The van der Waals surface area contributed by atoms with Crippen LogP contribution in [0, 0.1) is 0 Å². The Bertz CT molecular complexity index is 136.